The van der Waals surface area contributed by atoms with E-state index in [2.05, 4.69) is 20.3 Å². The zero-order chi connectivity index (χ0) is 10.7. The Hall–Kier alpha value is -1.68. The minimum absolute atomic E-state index is 0.790. The minimum atomic E-state index is 0.790. The van der Waals surface area contributed by atoms with E-state index in [1.165, 1.54) is 0 Å². The molecule has 0 radical (unpaired) electrons. The van der Waals surface area contributed by atoms with Gasteiger partial charge in [-0.25, -0.2) is 4.98 Å². The Morgan fingerprint density at radius 3 is 2.73 bits per heavy atom. The lowest BCUT2D eigenvalue weighted by Crippen LogP contribution is -2.06. The third kappa shape index (κ3) is 2.05. The largest absolute Gasteiger partial charge is 0.345 e. The summed E-state index contributed by atoms with van der Waals surface area (Å²) in [6.07, 6.45) is 3.56. The molecule has 2 N–H and O–H groups in total. The first-order chi connectivity index (χ1) is 7.31. The Morgan fingerprint density at radius 1 is 1.33 bits per heavy atom. The number of pyridine rings is 1. The lowest BCUT2D eigenvalue weighted by molar-refractivity contribution is 0.796. The van der Waals surface area contributed by atoms with Crippen LogP contribution in [0.2, 0.25) is 0 Å². The average molecular weight is 202 g/mol. The molecule has 0 spiro atoms. The van der Waals surface area contributed by atoms with Crippen LogP contribution in [0.15, 0.2) is 24.5 Å². The summed E-state index contributed by atoms with van der Waals surface area (Å²) in [5.41, 5.74) is 3.21. The van der Waals surface area contributed by atoms with Crippen LogP contribution in [0.5, 0.6) is 0 Å². The first kappa shape index (κ1) is 9.86. The number of rotatable bonds is 3. The highest BCUT2D eigenvalue weighted by molar-refractivity contribution is 5.61. The van der Waals surface area contributed by atoms with Crippen LogP contribution >= 0.6 is 0 Å². The molecule has 2 aromatic rings. The molecular weight excluding hydrogens is 188 g/mol. The summed E-state index contributed by atoms with van der Waals surface area (Å²) >= 11 is 0. The molecule has 0 unspecified atom stereocenters. The van der Waals surface area contributed by atoms with Crippen LogP contribution in [-0.4, -0.2) is 22.0 Å². The van der Waals surface area contributed by atoms with Crippen LogP contribution in [-0.2, 0) is 6.54 Å². The number of H-pyrrole nitrogens is 1. The van der Waals surface area contributed by atoms with E-state index < -0.39 is 0 Å². The first-order valence-corrected chi connectivity index (χ1v) is 4.91. The van der Waals surface area contributed by atoms with E-state index in [0.717, 1.165) is 29.3 Å². The van der Waals surface area contributed by atoms with Gasteiger partial charge in [0, 0.05) is 24.5 Å². The molecule has 2 heterocycles. The van der Waals surface area contributed by atoms with Gasteiger partial charge in [-0.15, -0.1) is 0 Å². The molecule has 0 fully saturated rings. The topological polar surface area (TPSA) is 53.6 Å². The van der Waals surface area contributed by atoms with Crippen LogP contribution in [0.25, 0.3) is 11.3 Å². The number of imidazole rings is 1. The fourth-order valence-electron chi connectivity index (χ4n) is 1.59. The molecule has 2 rings (SSSR count). The molecule has 0 aliphatic heterocycles. The van der Waals surface area contributed by atoms with E-state index in [-0.39, 0.29) is 0 Å². The molecule has 0 aliphatic carbocycles. The highest BCUT2D eigenvalue weighted by Crippen LogP contribution is 2.20. The standard InChI is InChI=1S/C11H14N4/c1-8-14-10(7-12-2)11(15-8)9-3-5-13-6-4-9/h3-6,12H,7H2,1-2H3,(H,14,15). The summed E-state index contributed by atoms with van der Waals surface area (Å²) in [4.78, 5) is 11.7. The smallest absolute Gasteiger partial charge is 0.103 e. The third-order valence-corrected chi connectivity index (χ3v) is 2.20. The van der Waals surface area contributed by atoms with E-state index in [1.807, 2.05) is 26.1 Å². The van der Waals surface area contributed by atoms with E-state index in [9.17, 15) is 0 Å². The molecule has 4 heteroatoms. The molecule has 0 saturated carbocycles. The van der Waals surface area contributed by atoms with Gasteiger partial charge in [0.15, 0.2) is 0 Å². The highest BCUT2D eigenvalue weighted by atomic mass is 15.0. The summed E-state index contributed by atoms with van der Waals surface area (Å²) < 4.78 is 0. The number of nitrogens with one attached hydrogen (secondary N) is 2. The molecule has 0 amide bonds. The Labute approximate surface area is 88.8 Å². The summed E-state index contributed by atoms with van der Waals surface area (Å²) in [6.45, 7) is 2.75. The van der Waals surface area contributed by atoms with Gasteiger partial charge < -0.3 is 10.3 Å². The summed E-state index contributed by atoms with van der Waals surface area (Å²) in [7, 11) is 1.92. The van der Waals surface area contributed by atoms with E-state index >= 15 is 0 Å². The van der Waals surface area contributed by atoms with Crippen molar-refractivity contribution >= 4 is 0 Å². The van der Waals surface area contributed by atoms with Crippen molar-refractivity contribution in [3.05, 3.63) is 36.0 Å². The average Bonchev–Trinajstić information content (AvgIpc) is 2.62. The van der Waals surface area contributed by atoms with Crippen molar-refractivity contribution < 1.29 is 0 Å². The zero-order valence-corrected chi connectivity index (χ0v) is 8.91. The fraction of sp³-hybridized carbons (Fsp3) is 0.273. The number of aryl methyl sites for hydroxylation is 1. The van der Waals surface area contributed by atoms with E-state index in [1.54, 1.807) is 12.4 Å². The van der Waals surface area contributed by atoms with Gasteiger partial charge in [0.25, 0.3) is 0 Å². The van der Waals surface area contributed by atoms with E-state index in [0.29, 0.717) is 0 Å². The van der Waals surface area contributed by atoms with Crippen LogP contribution in [0.4, 0.5) is 0 Å². The van der Waals surface area contributed by atoms with E-state index in [4.69, 9.17) is 0 Å². The second kappa shape index (κ2) is 4.23. The molecule has 0 aromatic carbocycles. The van der Waals surface area contributed by atoms with Crippen LogP contribution in [0.3, 0.4) is 0 Å². The Morgan fingerprint density at radius 2 is 2.07 bits per heavy atom. The predicted octanol–water partition coefficient (Wildman–Crippen LogP) is 1.50. The van der Waals surface area contributed by atoms with Gasteiger partial charge in [-0.2, -0.15) is 0 Å². The number of hydrogen-bond acceptors (Lipinski definition) is 3. The lowest BCUT2D eigenvalue weighted by atomic mass is 10.1. The number of aromatic nitrogens is 3. The molecule has 0 saturated heterocycles. The quantitative estimate of drug-likeness (QED) is 0.793. The molecule has 78 valence electrons. The van der Waals surface area contributed by atoms with Crippen molar-refractivity contribution in [2.45, 2.75) is 13.5 Å². The number of nitrogens with zero attached hydrogens (tertiary/aromatic N) is 2. The van der Waals surface area contributed by atoms with Gasteiger partial charge >= 0.3 is 0 Å². The van der Waals surface area contributed by atoms with Crippen LogP contribution in [0.1, 0.15) is 11.5 Å². The normalized spacial score (nSPS) is 10.5. The number of hydrogen-bond donors (Lipinski definition) is 2. The molecular formula is C11H14N4. The van der Waals surface area contributed by atoms with Gasteiger partial charge in [-0.3, -0.25) is 4.98 Å². The lowest BCUT2D eigenvalue weighted by Gasteiger charge is -2.00. The molecule has 15 heavy (non-hydrogen) atoms. The monoisotopic (exact) mass is 202 g/mol. The second-order valence-corrected chi connectivity index (χ2v) is 3.42. The maximum atomic E-state index is 4.48. The maximum absolute atomic E-state index is 4.48. The van der Waals surface area contributed by atoms with Crippen LogP contribution < -0.4 is 5.32 Å². The maximum Gasteiger partial charge on any atom is 0.103 e. The third-order valence-electron chi connectivity index (χ3n) is 2.20. The minimum Gasteiger partial charge on any atom is -0.345 e. The molecule has 0 bridgehead atoms. The van der Waals surface area contributed by atoms with Crippen molar-refractivity contribution in [2.24, 2.45) is 0 Å². The summed E-state index contributed by atoms with van der Waals surface area (Å²) in [6, 6.07) is 3.93. The van der Waals surface area contributed by atoms with Gasteiger partial charge in [0.1, 0.15) is 5.82 Å². The summed E-state index contributed by atoms with van der Waals surface area (Å²) in [5, 5.41) is 3.12. The van der Waals surface area contributed by atoms with Crippen molar-refractivity contribution in [2.75, 3.05) is 7.05 Å². The fourth-order valence-corrected chi connectivity index (χ4v) is 1.59. The molecule has 0 aliphatic rings. The zero-order valence-electron chi connectivity index (χ0n) is 8.91. The first-order valence-electron chi connectivity index (χ1n) is 4.91. The Balaban J connectivity index is 2.43. The van der Waals surface area contributed by atoms with Gasteiger partial charge in [0.2, 0.25) is 0 Å². The predicted molar refractivity (Wildman–Crippen MR) is 59.3 cm³/mol. The van der Waals surface area contributed by atoms with Crippen molar-refractivity contribution in [3.8, 4) is 11.3 Å². The van der Waals surface area contributed by atoms with Crippen molar-refractivity contribution in [1.29, 1.82) is 0 Å². The van der Waals surface area contributed by atoms with Gasteiger partial charge in [0.05, 0.1) is 11.4 Å². The molecule has 4 nitrogen and oxygen atoms in total. The highest BCUT2D eigenvalue weighted by Gasteiger charge is 2.08. The van der Waals surface area contributed by atoms with Gasteiger partial charge in [-0.1, -0.05) is 0 Å². The summed E-state index contributed by atoms with van der Waals surface area (Å²) in [5.74, 6) is 0.937. The Bertz CT molecular complexity index is 433. The SMILES string of the molecule is CNCc1[nH]c(C)nc1-c1ccncc1. The number of aromatic amines is 1. The Kier molecular flexibility index (Phi) is 2.78. The van der Waals surface area contributed by atoms with Crippen molar-refractivity contribution in [3.63, 3.8) is 0 Å². The molecule has 2 aromatic heterocycles. The molecule has 0 atom stereocenters. The second-order valence-electron chi connectivity index (χ2n) is 3.42. The van der Waals surface area contributed by atoms with Gasteiger partial charge in [-0.05, 0) is 26.1 Å². The van der Waals surface area contributed by atoms with Crippen molar-refractivity contribution in [1.82, 2.24) is 20.3 Å². The van der Waals surface area contributed by atoms with Crippen LogP contribution in [0, 0.1) is 6.92 Å².